The minimum atomic E-state index is -3.28. The molecule has 0 radical (unpaired) electrons. The van der Waals surface area contributed by atoms with Gasteiger partial charge in [0, 0.05) is 102 Å². The van der Waals surface area contributed by atoms with Gasteiger partial charge in [-0.25, -0.2) is 38.5 Å². The fraction of sp³-hybridized carbons (Fsp3) is 0.515. The number of halogens is 1. The van der Waals surface area contributed by atoms with Crippen molar-refractivity contribution in [3.05, 3.63) is 248 Å². The third-order valence-corrected chi connectivity index (χ3v) is 33.5. The van der Waals surface area contributed by atoms with E-state index in [0.29, 0.717) is 58.2 Å². The predicted molar refractivity (Wildman–Crippen MR) is 531 cm³/mol. The predicted octanol–water partition coefficient (Wildman–Crippen LogP) is 17.8. The van der Waals surface area contributed by atoms with Crippen LogP contribution in [-0.2, 0) is 84.2 Å². The van der Waals surface area contributed by atoms with Crippen molar-refractivity contribution >= 4 is 75.4 Å². The SMILES string of the molecule is C=CC1CCC(C)CC1.CCS(=O)(=O)c1ccc([C@@H](N)COC)cc1.CC[C@@H]1CCc2cc(C(=O)N[C@@H](COC)c3ccc(S(=O)(=O)CC)cc3)cnc21.CC[C@@H]1CCc2cc(C(=O)O)cnc21.CC[C@@H]1NCc2cc(C(=O)N[C@@H](COC)c3ccc(S(=O)(=O)CC)cc3)cnc21.CC[C@H]1c2ncc(C(=O)N[C@@H](COC)c3ccc(S(=O)(=O)CC)cc3)cc2CN1CC1CCC(C)CC1.Cl. The van der Waals surface area contributed by atoms with Gasteiger partial charge in [0.05, 0.1) is 133 Å². The number of aromatic carboxylic acids is 1. The van der Waals surface area contributed by atoms with Gasteiger partial charge in [0.2, 0.25) is 0 Å². The number of hydrogen-bond acceptors (Lipinski definition) is 23. The number of carboxylic acid groups (broad SMARTS) is 1. The number of aryl methyl sites for hydroxylation is 2. The van der Waals surface area contributed by atoms with Crippen molar-refractivity contribution in [2.75, 3.05) is 84.4 Å². The summed E-state index contributed by atoms with van der Waals surface area (Å²) < 4.78 is 116. The van der Waals surface area contributed by atoms with E-state index in [1.807, 2.05) is 18.2 Å². The van der Waals surface area contributed by atoms with Gasteiger partial charge < -0.3 is 51.1 Å². The summed E-state index contributed by atoms with van der Waals surface area (Å²) in [6.45, 7) is 27.5. The Labute approximate surface area is 807 Å². The van der Waals surface area contributed by atoms with Crippen molar-refractivity contribution in [1.82, 2.24) is 46.1 Å². The lowest BCUT2D eigenvalue weighted by molar-refractivity contribution is 0.0695. The molecule has 8 atom stereocenters. The molecule has 4 aliphatic carbocycles. The molecule has 4 aromatic heterocycles. The maximum Gasteiger partial charge on any atom is 0.337 e. The summed E-state index contributed by atoms with van der Waals surface area (Å²) in [7, 11) is -6.64. The molecule has 4 aromatic carbocycles. The average Bonchev–Trinajstić information content (AvgIpc) is 1.63. The van der Waals surface area contributed by atoms with Gasteiger partial charge in [0.1, 0.15) is 0 Å². The smallest absolute Gasteiger partial charge is 0.337 e. The minimum absolute atomic E-state index is 0. The Morgan fingerprint density at radius 3 is 1.14 bits per heavy atom. The van der Waals surface area contributed by atoms with Crippen LogP contribution in [0.25, 0.3) is 0 Å². The van der Waals surface area contributed by atoms with E-state index in [0.717, 1.165) is 155 Å². The van der Waals surface area contributed by atoms with Crippen LogP contribution in [0.2, 0.25) is 0 Å². The molecule has 14 rings (SSSR count). The van der Waals surface area contributed by atoms with Crippen LogP contribution in [-0.4, -0.2) is 172 Å². The second kappa shape index (κ2) is 53.2. The molecule has 0 unspecified atom stereocenters. The topological polar surface area (TPSA) is 391 Å². The monoisotopic (exact) mass is 1950 g/mol. The fourth-order valence-electron chi connectivity index (χ4n) is 18.0. The number of fused-ring (bicyclic) bond motifs is 4. The fourth-order valence-corrected chi connectivity index (χ4v) is 21.5. The molecule has 2 saturated carbocycles. The molecule has 135 heavy (non-hydrogen) atoms. The first kappa shape index (κ1) is 111. The van der Waals surface area contributed by atoms with Gasteiger partial charge in [0.25, 0.3) is 17.7 Å². The molecular formula is C103H143ClN10O17S4. The second-order valence-electron chi connectivity index (χ2n) is 35.6. The molecule has 0 spiro atoms. The molecule has 2 fully saturated rings. The summed E-state index contributed by atoms with van der Waals surface area (Å²) in [4.78, 5) is 71.3. The van der Waals surface area contributed by atoms with Crippen LogP contribution in [0.1, 0.15) is 316 Å². The normalized spacial score (nSPS) is 19.6. The number of carboxylic acids is 1. The largest absolute Gasteiger partial charge is 0.478 e. The molecule has 738 valence electrons. The number of amides is 3. The van der Waals surface area contributed by atoms with Crippen molar-refractivity contribution in [1.29, 1.82) is 0 Å². The van der Waals surface area contributed by atoms with Crippen LogP contribution in [0.5, 0.6) is 0 Å². The molecule has 32 heteroatoms. The van der Waals surface area contributed by atoms with E-state index in [2.05, 4.69) is 95.3 Å². The van der Waals surface area contributed by atoms with Crippen LogP contribution in [0.15, 0.2) is 178 Å². The van der Waals surface area contributed by atoms with Crippen LogP contribution in [0.4, 0.5) is 0 Å². The van der Waals surface area contributed by atoms with E-state index in [1.54, 1.807) is 178 Å². The molecule has 0 saturated heterocycles. The Bertz CT molecular complexity index is 5510. The Morgan fingerprint density at radius 2 is 0.793 bits per heavy atom. The maximum atomic E-state index is 13.2. The number of rotatable bonds is 34. The number of nitrogens with one attached hydrogen (secondary N) is 4. The Morgan fingerprint density at radius 1 is 0.452 bits per heavy atom. The standard InChI is InChI=1S/C29H41N3O4S.C22H28N2O4S.C21H27N3O4S.C11H17NO3S.C11H13NO2.C9H16.ClH/c1-5-27-28-24(18-32(27)17-21-9-7-20(3)8-10-21)15-23(16-30-28)29(33)31-26(19-36-4)22-11-13-25(14-12-22)37(34,35)6-2;1-4-15-6-7-17-12-18(13-23-21(15)17)22(25)24-20(14-28-3)16-8-10-19(11-9-16)29(26,27)5-2;1-4-18-20-15(11-22-18)10-16(12-23-20)21(25)24-19(13-28-3)14-6-8-17(9-7-14)29(26,27)5-2;1-3-16(13,14)10-6-4-9(5-7-10)11(12)8-15-2;1-2-7-3-4-8-5-9(11(13)14)6-12-10(7)8;1-3-9-6-4-8(2)5-7-9;/h11-16,20-21,26-27H,5-10,17-19H2,1-4H3,(H,31,33);8-13,15,20H,4-7,14H2,1-3H3,(H,24,25);6-10,12,18-19,22H,4-5,11,13H2,1-3H3,(H,24,25);4-7,11H,3,8,12H2,1-2H3;5-7H,2-4H2,1H3,(H,13,14);3,8-9H,1,4-7H2,2H3;1H/t20?,21?,26-,27-;15-,20+;18-,19-;11-;7-;;/m01001../s1. The summed E-state index contributed by atoms with van der Waals surface area (Å²) in [5.74, 6) is 3.12. The van der Waals surface area contributed by atoms with Gasteiger partial charge >= 0.3 is 5.97 Å². The van der Waals surface area contributed by atoms with Crippen molar-refractivity contribution in [3.8, 4) is 0 Å². The zero-order valence-electron chi connectivity index (χ0n) is 81.0. The van der Waals surface area contributed by atoms with Gasteiger partial charge in [-0.05, 0) is 218 Å². The summed E-state index contributed by atoms with van der Waals surface area (Å²) in [5, 5.41) is 21.2. The zero-order chi connectivity index (χ0) is 97.6. The zero-order valence-corrected chi connectivity index (χ0v) is 85.1. The van der Waals surface area contributed by atoms with E-state index in [9.17, 15) is 52.8 Å². The van der Waals surface area contributed by atoms with E-state index < -0.39 is 57.4 Å². The Kier molecular flexibility index (Phi) is 43.8. The number of carbonyl (C=O) groups is 4. The number of nitrogens with two attached hydrogens (primary N) is 1. The number of hydrogen-bond donors (Lipinski definition) is 6. The number of sulfone groups is 4. The highest BCUT2D eigenvalue weighted by Gasteiger charge is 2.35. The van der Waals surface area contributed by atoms with Crippen molar-refractivity contribution < 1.29 is 76.9 Å². The molecule has 8 aromatic rings. The molecule has 6 heterocycles. The number of methoxy groups -OCH3 is 4. The number of pyridine rings is 4. The third kappa shape index (κ3) is 30.7. The van der Waals surface area contributed by atoms with Crippen LogP contribution >= 0.6 is 12.4 Å². The molecular weight excluding hydrogens is 1810 g/mol. The lowest BCUT2D eigenvalue weighted by Crippen LogP contribution is -2.31. The maximum absolute atomic E-state index is 13.2. The molecule has 6 aliphatic rings. The first-order chi connectivity index (χ1) is 64.1. The highest BCUT2D eigenvalue weighted by molar-refractivity contribution is 7.92. The van der Waals surface area contributed by atoms with E-state index >= 15 is 0 Å². The number of nitrogens with zero attached hydrogens (tertiary/aromatic N) is 5. The third-order valence-electron chi connectivity index (χ3n) is 26.5. The molecule has 7 N–H and O–H groups in total. The summed E-state index contributed by atoms with van der Waals surface area (Å²) >= 11 is 0. The number of benzene rings is 4. The van der Waals surface area contributed by atoms with Crippen LogP contribution in [0, 0.1) is 23.7 Å². The van der Waals surface area contributed by atoms with Gasteiger partial charge in [-0.3, -0.25) is 39.2 Å². The average molecular weight is 1960 g/mol. The van der Waals surface area contributed by atoms with Crippen LogP contribution in [0.3, 0.4) is 0 Å². The minimum Gasteiger partial charge on any atom is -0.478 e. The Balaban J connectivity index is 0.000000209. The highest BCUT2D eigenvalue weighted by atomic mass is 35.5. The van der Waals surface area contributed by atoms with Gasteiger partial charge in [-0.1, -0.05) is 150 Å². The summed E-state index contributed by atoms with van der Waals surface area (Å²) in [6.07, 6.45) is 27.6. The lowest BCUT2D eigenvalue weighted by atomic mass is 9.82. The lowest BCUT2D eigenvalue weighted by Gasteiger charge is -2.32. The quantitative estimate of drug-likeness (QED) is 0.0204. The number of allylic oxidation sites excluding steroid dienone is 1. The van der Waals surface area contributed by atoms with E-state index in [-0.39, 0.29) is 106 Å². The molecule has 3 amide bonds. The first-order valence-corrected chi connectivity index (χ1v) is 53.9. The molecule has 2 aliphatic heterocycles. The summed E-state index contributed by atoms with van der Waals surface area (Å²) in [6, 6.07) is 33.1. The van der Waals surface area contributed by atoms with Crippen LogP contribution < -0.4 is 27.0 Å². The van der Waals surface area contributed by atoms with Gasteiger partial charge in [-0.2, -0.15) is 0 Å². The molecule has 0 bridgehead atoms. The van der Waals surface area contributed by atoms with E-state index in [1.165, 1.54) is 57.6 Å². The van der Waals surface area contributed by atoms with Gasteiger partial charge in [-0.15, -0.1) is 19.0 Å². The number of ether oxygens (including phenoxy) is 4. The van der Waals surface area contributed by atoms with E-state index in [4.69, 9.17) is 34.8 Å². The van der Waals surface area contributed by atoms with Crippen molar-refractivity contribution in [3.63, 3.8) is 0 Å². The number of aromatic nitrogens is 4. The first-order valence-electron chi connectivity index (χ1n) is 47.3. The highest BCUT2D eigenvalue weighted by Crippen LogP contribution is 2.40. The summed E-state index contributed by atoms with van der Waals surface area (Å²) in [5.41, 5.74) is 19.7. The Hall–Kier alpha value is -9.09. The molecule has 27 nitrogen and oxygen atoms in total. The second-order valence-corrected chi connectivity index (χ2v) is 44.8. The van der Waals surface area contributed by atoms with Crippen molar-refractivity contribution in [2.45, 2.75) is 253 Å². The number of carbonyl (C=O) groups excluding carboxylic acids is 3. The van der Waals surface area contributed by atoms with Gasteiger partial charge in [0.15, 0.2) is 39.3 Å². The van der Waals surface area contributed by atoms with Crippen molar-refractivity contribution in [2.24, 2.45) is 29.4 Å².